The van der Waals surface area contributed by atoms with Crippen LogP contribution in [0.25, 0.3) is 0 Å². The van der Waals surface area contributed by atoms with E-state index in [1.54, 1.807) is 0 Å². The third-order valence-corrected chi connectivity index (χ3v) is 4.93. The monoisotopic (exact) mass is 281 g/mol. The summed E-state index contributed by atoms with van der Waals surface area (Å²) in [6.07, 6.45) is 6.07. The smallest absolute Gasteiger partial charge is 0.0829 e. The predicted molar refractivity (Wildman–Crippen MR) is 82.0 cm³/mol. The van der Waals surface area contributed by atoms with Gasteiger partial charge in [-0.25, -0.2) is 0 Å². The lowest BCUT2D eigenvalue weighted by atomic mass is 9.98. The lowest BCUT2D eigenvalue weighted by Gasteiger charge is -2.36. The van der Waals surface area contributed by atoms with Gasteiger partial charge in [0.25, 0.3) is 0 Å². The Morgan fingerprint density at radius 3 is 2.70 bits per heavy atom. The summed E-state index contributed by atoms with van der Waals surface area (Å²) in [7, 11) is 2.21. The second-order valence-electron chi connectivity index (χ2n) is 7.13. The van der Waals surface area contributed by atoms with Crippen LogP contribution in [0, 0.1) is 11.8 Å². The van der Waals surface area contributed by atoms with Crippen LogP contribution in [0.2, 0.25) is 0 Å². The van der Waals surface area contributed by atoms with E-state index in [4.69, 9.17) is 4.74 Å². The van der Waals surface area contributed by atoms with Crippen molar-refractivity contribution in [2.75, 3.05) is 59.5 Å². The van der Waals surface area contributed by atoms with Crippen LogP contribution in [0.15, 0.2) is 0 Å². The van der Waals surface area contributed by atoms with Gasteiger partial charge in [0.05, 0.1) is 12.7 Å². The van der Waals surface area contributed by atoms with Crippen LogP contribution in [0.5, 0.6) is 0 Å². The number of piperidine rings is 1. The van der Waals surface area contributed by atoms with E-state index in [1.807, 2.05) is 0 Å². The topological polar surface area (TPSA) is 27.7 Å². The summed E-state index contributed by atoms with van der Waals surface area (Å²) in [5, 5.41) is 3.55. The third-order valence-electron chi connectivity index (χ3n) is 4.93. The molecule has 2 heterocycles. The fourth-order valence-corrected chi connectivity index (χ4v) is 3.60. The molecule has 116 valence electrons. The molecule has 0 amide bonds. The van der Waals surface area contributed by atoms with Crippen molar-refractivity contribution >= 4 is 0 Å². The zero-order chi connectivity index (χ0) is 13.8. The molecule has 3 rings (SSSR count). The number of morpholine rings is 1. The molecule has 4 heteroatoms. The third kappa shape index (κ3) is 4.69. The Labute approximate surface area is 123 Å². The largest absolute Gasteiger partial charge is 0.374 e. The second kappa shape index (κ2) is 7.21. The summed E-state index contributed by atoms with van der Waals surface area (Å²) in [6, 6.07) is 0. The first-order valence-electron chi connectivity index (χ1n) is 8.53. The van der Waals surface area contributed by atoms with Crippen LogP contribution in [-0.2, 0) is 4.74 Å². The molecule has 0 bridgehead atoms. The Kier molecular flexibility index (Phi) is 5.32. The number of likely N-dealkylation sites (N-methyl/N-ethyl adjacent to an activating group) is 1. The van der Waals surface area contributed by atoms with Gasteiger partial charge in [0.15, 0.2) is 0 Å². The number of hydrogen-bond acceptors (Lipinski definition) is 4. The molecular weight excluding hydrogens is 250 g/mol. The highest BCUT2D eigenvalue weighted by atomic mass is 16.5. The molecule has 0 aromatic rings. The standard InChI is InChI=1S/C16H31N3O/c1-18-7-8-20-16(12-18)13-19(10-14-4-5-14)11-15-3-2-6-17-9-15/h14-17H,2-13H2,1H3. The SMILES string of the molecule is CN1CCOC(CN(CC2CC2)CC2CCCNC2)C1. The summed E-state index contributed by atoms with van der Waals surface area (Å²) < 4.78 is 5.97. The van der Waals surface area contributed by atoms with Crippen molar-refractivity contribution in [2.45, 2.75) is 31.8 Å². The van der Waals surface area contributed by atoms with Gasteiger partial charge in [0, 0.05) is 32.7 Å². The maximum atomic E-state index is 5.97. The van der Waals surface area contributed by atoms with Crippen LogP contribution in [-0.4, -0.2) is 75.4 Å². The number of ether oxygens (including phenoxy) is 1. The van der Waals surface area contributed by atoms with Crippen LogP contribution in [0.4, 0.5) is 0 Å². The van der Waals surface area contributed by atoms with Gasteiger partial charge in [-0.15, -0.1) is 0 Å². The summed E-state index contributed by atoms with van der Waals surface area (Å²) in [5.74, 6) is 1.83. The van der Waals surface area contributed by atoms with Crippen molar-refractivity contribution in [1.29, 1.82) is 0 Å². The fraction of sp³-hybridized carbons (Fsp3) is 1.00. The first kappa shape index (κ1) is 14.8. The van der Waals surface area contributed by atoms with Crippen molar-refractivity contribution in [2.24, 2.45) is 11.8 Å². The van der Waals surface area contributed by atoms with E-state index in [9.17, 15) is 0 Å². The first-order valence-corrected chi connectivity index (χ1v) is 8.53. The van der Waals surface area contributed by atoms with Gasteiger partial charge in [-0.05, 0) is 57.7 Å². The average Bonchev–Trinajstić information content (AvgIpc) is 3.24. The molecule has 0 aromatic heterocycles. The molecule has 0 spiro atoms. The van der Waals surface area contributed by atoms with Crippen molar-refractivity contribution in [1.82, 2.24) is 15.1 Å². The molecule has 2 saturated heterocycles. The Bertz CT molecular complexity index is 289. The minimum atomic E-state index is 0.420. The maximum Gasteiger partial charge on any atom is 0.0829 e. The highest BCUT2D eigenvalue weighted by Gasteiger charge is 2.28. The van der Waals surface area contributed by atoms with Gasteiger partial charge >= 0.3 is 0 Å². The normalized spacial score (nSPS) is 32.7. The quantitative estimate of drug-likeness (QED) is 0.787. The molecule has 20 heavy (non-hydrogen) atoms. The Morgan fingerprint density at radius 2 is 2.00 bits per heavy atom. The molecule has 3 fully saturated rings. The minimum Gasteiger partial charge on any atom is -0.374 e. The van der Waals surface area contributed by atoms with Crippen molar-refractivity contribution in [3.8, 4) is 0 Å². The maximum absolute atomic E-state index is 5.97. The summed E-state index contributed by atoms with van der Waals surface area (Å²) in [4.78, 5) is 5.12. The second-order valence-corrected chi connectivity index (χ2v) is 7.13. The number of rotatable bonds is 6. The molecule has 1 aliphatic carbocycles. The summed E-state index contributed by atoms with van der Waals surface area (Å²) in [6.45, 7) is 9.24. The van der Waals surface area contributed by atoms with Gasteiger partial charge in [0.1, 0.15) is 0 Å². The van der Waals surface area contributed by atoms with Crippen LogP contribution >= 0.6 is 0 Å². The molecule has 2 atom stereocenters. The lowest BCUT2D eigenvalue weighted by molar-refractivity contribution is -0.0382. The van der Waals surface area contributed by atoms with Crippen LogP contribution < -0.4 is 5.32 Å². The molecule has 1 saturated carbocycles. The van der Waals surface area contributed by atoms with Gasteiger partial charge in [-0.1, -0.05) is 0 Å². The number of hydrogen-bond donors (Lipinski definition) is 1. The van der Waals surface area contributed by atoms with Crippen LogP contribution in [0.1, 0.15) is 25.7 Å². The molecule has 2 unspecified atom stereocenters. The van der Waals surface area contributed by atoms with Crippen LogP contribution in [0.3, 0.4) is 0 Å². The molecule has 0 radical (unpaired) electrons. The minimum absolute atomic E-state index is 0.420. The van der Waals surface area contributed by atoms with E-state index in [-0.39, 0.29) is 0 Å². The molecule has 0 aromatic carbocycles. The van der Waals surface area contributed by atoms with Gasteiger partial charge < -0.3 is 19.9 Å². The van der Waals surface area contributed by atoms with Crippen molar-refractivity contribution in [3.63, 3.8) is 0 Å². The summed E-state index contributed by atoms with van der Waals surface area (Å²) in [5.41, 5.74) is 0. The Hall–Kier alpha value is -0.160. The average molecular weight is 281 g/mol. The lowest BCUT2D eigenvalue weighted by Crippen LogP contribution is -2.48. The van der Waals surface area contributed by atoms with E-state index < -0.39 is 0 Å². The Balaban J connectivity index is 1.48. The van der Waals surface area contributed by atoms with Gasteiger partial charge in [0.2, 0.25) is 0 Å². The molecule has 1 N–H and O–H groups in total. The molecule has 3 aliphatic rings. The zero-order valence-electron chi connectivity index (χ0n) is 13.0. The highest BCUT2D eigenvalue weighted by Crippen LogP contribution is 2.30. The summed E-state index contributed by atoms with van der Waals surface area (Å²) >= 11 is 0. The predicted octanol–water partition coefficient (Wildman–Crippen LogP) is 1.03. The number of nitrogens with one attached hydrogen (secondary N) is 1. The van der Waals surface area contributed by atoms with E-state index in [0.29, 0.717) is 6.10 Å². The van der Waals surface area contributed by atoms with Crippen molar-refractivity contribution < 1.29 is 4.74 Å². The van der Waals surface area contributed by atoms with Crippen molar-refractivity contribution in [3.05, 3.63) is 0 Å². The van der Waals surface area contributed by atoms with E-state index in [0.717, 1.165) is 38.1 Å². The fourth-order valence-electron chi connectivity index (χ4n) is 3.60. The number of nitrogens with zero attached hydrogens (tertiary/aromatic N) is 2. The van der Waals surface area contributed by atoms with Gasteiger partial charge in [-0.2, -0.15) is 0 Å². The first-order chi connectivity index (χ1) is 9.79. The van der Waals surface area contributed by atoms with E-state index >= 15 is 0 Å². The van der Waals surface area contributed by atoms with Gasteiger partial charge in [-0.3, -0.25) is 0 Å². The highest BCUT2D eigenvalue weighted by molar-refractivity contribution is 4.82. The molecule has 4 nitrogen and oxygen atoms in total. The zero-order valence-corrected chi connectivity index (χ0v) is 13.0. The molecule has 2 aliphatic heterocycles. The Morgan fingerprint density at radius 1 is 1.15 bits per heavy atom. The van der Waals surface area contributed by atoms with E-state index in [1.165, 1.54) is 51.9 Å². The van der Waals surface area contributed by atoms with E-state index in [2.05, 4.69) is 22.2 Å². The molecular formula is C16H31N3O.